The highest BCUT2D eigenvalue weighted by Crippen LogP contribution is 2.28. The Kier molecular flexibility index (Phi) is 4.23. The second-order valence-electron chi connectivity index (χ2n) is 5.15. The molecule has 0 radical (unpaired) electrons. The predicted octanol–water partition coefficient (Wildman–Crippen LogP) is -0.587. The Morgan fingerprint density at radius 2 is 1.82 bits per heavy atom. The predicted molar refractivity (Wildman–Crippen MR) is 76.1 cm³/mol. The van der Waals surface area contributed by atoms with Gasteiger partial charge >= 0.3 is 0 Å². The maximum absolute atomic E-state index is 9.99. The van der Waals surface area contributed by atoms with Gasteiger partial charge in [-0.15, -0.1) is 0 Å². The molecule has 0 aliphatic carbocycles. The Labute approximate surface area is 126 Å². The van der Waals surface area contributed by atoms with Gasteiger partial charge in [0.1, 0.15) is 35.7 Å². The van der Waals surface area contributed by atoms with Crippen LogP contribution in [0.4, 0.5) is 0 Å². The summed E-state index contributed by atoms with van der Waals surface area (Å²) in [6, 6.07) is 8.95. The molecule has 3 rings (SSSR count). The zero-order chi connectivity index (χ0) is 15.7. The molecule has 2 aromatic rings. The second-order valence-corrected chi connectivity index (χ2v) is 5.15. The summed E-state index contributed by atoms with van der Waals surface area (Å²) in [5, 5.41) is 39.5. The number of aliphatic hydroxyl groups excluding tert-OH is 4. The lowest BCUT2D eigenvalue weighted by atomic mass is 9.99. The summed E-state index contributed by atoms with van der Waals surface area (Å²) in [4.78, 5) is 4.22. The van der Waals surface area contributed by atoms with Gasteiger partial charge in [-0.25, -0.2) is 0 Å². The molecule has 0 amide bonds. The molecular formula is C15H17NO6. The number of aliphatic hydroxyl groups is 4. The van der Waals surface area contributed by atoms with Crippen LogP contribution in [0.25, 0.3) is 10.9 Å². The van der Waals surface area contributed by atoms with Gasteiger partial charge in [0.25, 0.3) is 0 Å². The average molecular weight is 307 g/mol. The molecular weight excluding hydrogens is 290 g/mol. The Hall–Kier alpha value is -1.77. The van der Waals surface area contributed by atoms with E-state index in [4.69, 9.17) is 9.47 Å². The number of aromatic nitrogens is 1. The minimum atomic E-state index is -1.47. The smallest absolute Gasteiger partial charge is 0.229 e. The first-order valence-corrected chi connectivity index (χ1v) is 6.92. The van der Waals surface area contributed by atoms with Crippen molar-refractivity contribution in [3.05, 3.63) is 36.5 Å². The Bertz CT molecular complexity index is 643. The van der Waals surface area contributed by atoms with Gasteiger partial charge < -0.3 is 29.9 Å². The quantitative estimate of drug-likeness (QED) is 0.600. The summed E-state index contributed by atoms with van der Waals surface area (Å²) in [5.41, 5.74) is 0.585. The molecule has 1 aromatic heterocycles. The highest BCUT2D eigenvalue weighted by molar-refractivity contribution is 5.84. The van der Waals surface area contributed by atoms with Crippen molar-refractivity contribution in [2.45, 2.75) is 30.7 Å². The largest absolute Gasteiger partial charge is 0.460 e. The van der Waals surface area contributed by atoms with E-state index in [1.807, 2.05) is 12.1 Å². The summed E-state index contributed by atoms with van der Waals surface area (Å²) in [6.07, 6.45) is -4.95. The van der Waals surface area contributed by atoms with Crippen LogP contribution in [0.15, 0.2) is 36.5 Å². The summed E-state index contributed by atoms with van der Waals surface area (Å²) in [7, 11) is 0. The zero-order valence-electron chi connectivity index (χ0n) is 11.6. The van der Waals surface area contributed by atoms with Gasteiger partial charge in [-0.1, -0.05) is 18.2 Å². The molecule has 7 nitrogen and oxygen atoms in total. The van der Waals surface area contributed by atoms with Crippen LogP contribution >= 0.6 is 0 Å². The molecule has 0 bridgehead atoms. The van der Waals surface area contributed by atoms with Crippen molar-refractivity contribution in [2.75, 3.05) is 6.61 Å². The lowest BCUT2D eigenvalue weighted by Crippen LogP contribution is -2.60. The fourth-order valence-corrected chi connectivity index (χ4v) is 2.46. The maximum Gasteiger partial charge on any atom is 0.229 e. The SMILES string of the molecule is OC[C@H]1OC(Oc2cccc3cccnc23)[C@H](O)[C@@H](O)[C@@H]1O. The van der Waals surface area contributed by atoms with Crippen LogP contribution < -0.4 is 4.74 Å². The van der Waals surface area contributed by atoms with Crippen LogP contribution in [0.3, 0.4) is 0 Å². The normalized spacial score (nSPS) is 32.1. The maximum atomic E-state index is 9.99. The number of hydrogen-bond donors (Lipinski definition) is 4. The van der Waals surface area contributed by atoms with Crippen molar-refractivity contribution in [3.8, 4) is 5.75 Å². The molecule has 22 heavy (non-hydrogen) atoms. The Morgan fingerprint density at radius 3 is 2.59 bits per heavy atom. The molecule has 1 aliphatic rings. The lowest BCUT2D eigenvalue weighted by molar-refractivity contribution is -0.277. The monoisotopic (exact) mass is 307 g/mol. The second kappa shape index (κ2) is 6.15. The first-order chi connectivity index (χ1) is 10.6. The highest BCUT2D eigenvalue weighted by atomic mass is 16.7. The lowest BCUT2D eigenvalue weighted by Gasteiger charge is -2.39. The van der Waals surface area contributed by atoms with E-state index in [9.17, 15) is 20.4 Å². The van der Waals surface area contributed by atoms with Crippen molar-refractivity contribution in [3.63, 3.8) is 0 Å². The van der Waals surface area contributed by atoms with Gasteiger partial charge in [0, 0.05) is 11.6 Å². The van der Waals surface area contributed by atoms with Gasteiger partial charge in [-0.05, 0) is 12.1 Å². The van der Waals surface area contributed by atoms with Crippen LogP contribution in [0, 0.1) is 0 Å². The van der Waals surface area contributed by atoms with Gasteiger partial charge in [0.15, 0.2) is 0 Å². The van der Waals surface area contributed by atoms with Crippen molar-refractivity contribution in [1.82, 2.24) is 4.98 Å². The van der Waals surface area contributed by atoms with E-state index in [2.05, 4.69) is 4.98 Å². The summed E-state index contributed by atoms with van der Waals surface area (Å²) in [6.45, 7) is -0.501. The average Bonchev–Trinajstić information content (AvgIpc) is 2.55. The molecule has 1 aromatic carbocycles. The summed E-state index contributed by atoms with van der Waals surface area (Å²) < 4.78 is 10.9. The number of pyridine rings is 1. The van der Waals surface area contributed by atoms with Crippen molar-refractivity contribution >= 4 is 10.9 Å². The summed E-state index contributed by atoms with van der Waals surface area (Å²) >= 11 is 0. The summed E-state index contributed by atoms with van der Waals surface area (Å²) in [5.74, 6) is 0.377. The first-order valence-electron chi connectivity index (χ1n) is 6.92. The molecule has 4 N–H and O–H groups in total. The van der Waals surface area contributed by atoms with Crippen LogP contribution in [0.5, 0.6) is 5.75 Å². The van der Waals surface area contributed by atoms with Crippen molar-refractivity contribution in [2.24, 2.45) is 0 Å². The number of nitrogens with zero attached hydrogens (tertiary/aromatic N) is 1. The fourth-order valence-electron chi connectivity index (χ4n) is 2.46. The highest BCUT2D eigenvalue weighted by Gasteiger charge is 2.44. The third-order valence-electron chi connectivity index (χ3n) is 3.69. The van der Waals surface area contributed by atoms with Gasteiger partial charge in [-0.3, -0.25) is 4.98 Å². The third kappa shape index (κ3) is 2.65. The number of fused-ring (bicyclic) bond motifs is 1. The van der Waals surface area contributed by atoms with Crippen molar-refractivity contribution in [1.29, 1.82) is 0 Å². The molecule has 118 valence electrons. The van der Waals surface area contributed by atoms with E-state index in [1.165, 1.54) is 0 Å². The Balaban J connectivity index is 1.87. The van der Waals surface area contributed by atoms with Crippen LogP contribution in [-0.4, -0.2) is 62.7 Å². The molecule has 1 fully saturated rings. The standard InChI is InChI=1S/C15H17NO6/c17-7-10-12(18)13(19)14(20)15(22-10)21-9-5-1-3-8-4-2-6-16-11(8)9/h1-6,10,12-15,17-20H,7H2/t10-,12-,13+,14-,15?/m1/s1. The minimum Gasteiger partial charge on any atom is -0.460 e. The molecule has 5 atom stereocenters. The van der Waals surface area contributed by atoms with E-state index in [-0.39, 0.29) is 0 Å². The number of ether oxygens (including phenoxy) is 2. The molecule has 0 saturated carbocycles. The third-order valence-corrected chi connectivity index (χ3v) is 3.69. The number of hydrogen-bond acceptors (Lipinski definition) is 7. The Morgan fingerprint density at radius 1 is 1.05 bits per heavy atom. The van der Waals surface area contributed by atoms with Gasteiger partial charge in [0.2, 0.25) is 6.29 Å². The molecule has 2 heterocycles. The number of rotatable bonds is 3. The van der Waals surface area contributed by atoms with Gasteiger partial charge in [-0.2, -0.15) is 0 Å². The molecule has 1 aliphatic heterocycles. The fraction of sp³-hybridized carbons (Fsp3) is 0.400. The van der Waals surface area contributed by atoms with Crippen molar-refractivity contribution < 1.29 is 29.9 Å². The van der Waals surface area contributed by atoms with E-state index in [0.717, 1.165) is 5.39 Å². The van der Waals surface area contributed by atoms with E-state index in [1.54, 1.807) is 24.4 Å². The van der Waals surface area contributed by atoms with Crippen LogP contribution in [0.2, 0.25) is 0 Å². The number of para-hydroxylation sites is 1. The molecule has 7 heteroatoms. The molecule has 0 spiro atoms. The number of benzene rings is 1. The van der Waals surface area contributed by atoms with E-state index < -0.39 is 37.3 Å². The van der Waals surface area contributed by atoms with E-state index in [0.29, 0.717) is 11.3 Å². The van der Waals surface area contributed by atoms with E-state index >= 15 is 0 Å². The minimum absolute atomic E-state index is 0.377. The topological polar surface area (TPSA) is 112 Å². The molecule has 1 saturated heterocycles. The van der Waals surface area contributed by atoms with Crippen LogP contribution in [-0.2, 0) is 4.74 Å². The zero-order valence-corrected chi connectivity index (χ0v) is 11.6. The van der Waals surface area contributed by atoms with Gasteiger partial charge in [0.05, 0.1) is 6.61 Å². The molecule has 1 unspecified atom stereocenters. The van der Waals surface area contributed by atoms with Crippen LogP contribution in [0.1, 0.15) is 0 Å². The first kappa shape index (κ1) is 15.1.